The Labute approximate surface area is 155 Å². The van der Waals surface area contributed by atoms with Gasteiger partial charge in [-0.1, -0.05) is 29.3 Å². The molecule has 130 valence electrons. The van der Waals surface area contributed by atoms with Gasteiger partial charge in [-0.05, 0) is 44.2 Å². The zero-order valence-corrected chi connectivity index (χ0v) is 15.2. The number of nitrogens with zero attached hydrogens (tertiary/aromatic N) is 1. The molecule has 2 atom stereocenters. The van der Waals surface area contributed by atoms with Crippen LogP contribution < -0.4 is 10.6 Å². The molecule has 0 spiro atoms. The molecule has 0 heterocycles. The minimum absolute atomic E-state index is 0.0379. The number of carbonyl (C=O) groups excluding carboxylic acids is 1. The number of amides is 1. The van der Waals surface area contributed by atoms with Crippen molar-refractivity contribution in [2.45, 2.75) is 25.9 Å². The van der Waals surface area contributed by atoms with E-state index in [2.05, 4.69) is 5.32 Å². The number of halogens is 3. The highest BCUT2D eigenvalue weighted by molar-refractivity contribution is 6.35. The Kier molecular flexibility index (Phi) is 6.38. The molecule has 0 aliphatic rings. The molecule has 25 heavy (non-hydrogen) atoms. The summed E-state index contributed by atoms with van der Waals surface area (Å²) in [4.78, 5) is 12.3. The number of rotatable bonds is 5. The van der Waals surface area contributed by atoms with Crippen molar-refractivity contribution in [2.75, 3.05) is 5.32 Å². The summed E-state index contributed by atoms with van der Waals surface area (Å²) in [5.74, 6) is -0.778. The first-order valence-electron chi connectivity index (χ1n) is 7.62. The van der Waals surface area contributed by atoms with Crippen molar-refractivity contribution in [3.8, 4) is 6.07 Å². The molecule has 0 aliphatic carbocycles. The normalized spacial score (nSPS) is 13.0. The van der Waals surface area contributed by atoms with Gasteiger partial charge in [-0.3, -0.25) is 4.79 Å². The lowest BCUT2D eigenvalue weighted by Gasteiger charge is -2.18. The van der Waals surface area contributed by atoms with Gasteiger partial charge in [0.25, 0.3) is 5.91 Å². The maximum atomic E-state index is 13.7. The van der Waals surface area contributed by atoms with Crippen LogP contribution in [0.2, 0.25) is 10.0 Å². The van der Waals surface area contributed by atoms with Crippen molar-refractivity contribution in [1.29, 1.82) is 5.26 Å². The summed E-state index contributed by atoms with van der Waals surface area (Å²) < 4.78 is 13.7. The number of nitrogens with one attached hydrogen (secondary N) is 1. The van der Waals surface area contributed by atoms with Gasteiger partial charge in [0.2, 0.25) is 0 Å². The first kappa shape index (κ1) is 19.2. The molecule has 0 unspecified atom stereocenters. The van der Waals surface area contributed by atoms with Gasteiger partial charge in [0.1, 0.15) is 11.9 Å². The highest BCUT2D eigenvalue weighted by Crippen LogP contribution is 2.27. The van der Waals surface area contributed by atoms with Crippen LogP contribution in [0, 0.1) is 17.1 Å². The predicted molar refractivity (Wildman–Crippen MR) is 96.0 cm³/mol. The molecule has 4 nitrogen and oxygen atoms in total. The molecule has 0 fully saturated rings. The van der Waals surface area contributed by atoms with Crippen LogP contribution in [0.1, 0.15) is 31.0 Å². The Morgan fingerprint density at radius 3 is 2.64 bits per heavy atom. The minimum atomic E-state index is -0.549. The number of hydrogen-bond donors (Lipinski definition) is 2. The van der Waals surface area contributed by atoms with Gasteiger partial charge in [0.15, 0.2) is 6.04 Å². The number of anilines is 1. The van der Waals surface area contributed by atoms with E-state index >= 15 is 0 Å². The van der Waals surface area contributed by atoms with E-state index in [1.807, 2.05) is 13.0 Å². The van der Waals surface area contributed by atoms with Crippen LogP contribution in [0.4, 0.5) is 10.1 Å². The zero-order chi connectivity index (χ0) is 18.6. The maximum Gasteiger partial charge on any atom is 0.282 e. The number of nitriles is 1. The second-order valence-electron chi connectivity index (χ2n) is 5.74. The quantitative estimate of drug-likeness (QED) is 0.777. The third-order valence-corrected chi connectivity index (χ3v) is 4.40. The fourth-order valence-electron chi connectivity index (χ4n) is 2.43. The Bertz CT molecular complexity index is 836. The Morgan fingerprint density at radius 2 is 1.96 bits per heavy atom. The van der Waals surface area contributed by atoms with Gasteiger partial charge in [0, 0.05) is 11.3 Å². The van der Waals surface area contributed by atoms with Crippen molar-refractivity contribution < 1.29 is 14.5 Å². The van der Waals surface area contributed by atoms with Gasteiger partial charge < -0.3 is 10.6 Å². The average molecular weight is 381 g/mol. The van der Waals surface area contributed by atoms with E-state index in [4.69, 9.17) is 28.5 Å². The summed E-state index contributed by atoms with van der Waals surface area (Å²) in [7, 11) is 0. The molecule has 0 saturated heterocycles. The Morgan fingerprint density at radius 1 is 1.24 bits per heavy atom. The monoisotopic (exact) mass is 380 g/mol. The summed E-state index contributed by atoms with van der Waals surface area (Å²) in [6.45, 7) is 3.56. The van der Waals surface area contributed by atoms with Crippen LogP contribution in [-0.2, 0) is 4.79 Å². The molecule has 0 aliphatic heterocycles. The lowest BCUT2D eigenvalue weighted by atomic mass is 10.1. The first-order valence-corrected chi connectivity index (χ1v) is 8.38. The van der Waals surface area contributed by atoms with Crippen molar-refractivity contribution in [3.63, 3.8) is 0 Å². The van der Waals surface area contributed by atoms with Gasteiger partial charge in [-0.15, -0.1) is 0 Å². The van der Waals surface area contributed by atoms with E-state index in [-0.39, 0.29) is 17.0 Å². The zero-order valence-electron chi connectivity index (χ0n) is 13.7. The van der Waals surface area contributed by atoms with E-state index < -0.39 is 11.9 Å². The number of carbonyl (C=O) groups is 1. The molecular weight excluding hydrogens is 364 g/mol. The molecule has 3 N–H and O–H groups in total. The number of benzene rings is 2. The molecule has 2 rings (SSSR count). The standard InChI is InChI=1S/C18H16Cl2FN3O/c1-10(14-7-17(21)16(20)8-15(14)19)23-11(2)18(25)24-13-5-3-4-12(6-13)9-22/h3-8,10-11,23H,1-2H3,(H,24,25)/p+1/t10-,11+/m1/s1. The molecule has 2 aromatic rings. The predicted octanol–water partition coefficient (Wildman–Crippen LogP) is 3.66. The van der Waals surface area contributed by atoms with E-state index in [0.29, 0.717) is 21.8 Å². The molecule has 2 aromatic carbocycles. The van der Waals surface area contributed by atoms with E-state index in [1.54, 1.807) is 36.5 Å². The average Bonchev–Trinajstić information content (AvgIpc) is 2.58. The summed E-state index contributed by atoms with van der Waals surface area (Å²) >= 11 is 11.8. The molecule has 0 bridgehead atoms. The smallest absolute Gasteiger partial charge is 0.282 e. The third kappa shape index (κ3) is 4.93. The Balaban J connectivity index is 2.05. The molecule has 0 saturated carbocycles. The molecule has 0 radical (unpaired) electrons. The largest absolute Gasteiger partial charge is 0.330 e. The van der Waals surface area contributed by atoms with Crippen molar-refractivity contribution in [3.05, 3.63) is 63.4 Å². The fraction of sp³-hybridized carbons (Fsp3) is 0.222. The van der Waals surface area contributed by atoms with Crippen LogP contribution in [-0.4, -0.2) is 11.9 Å². The maximum absolute atomic E-state index is 13.7. The van der Waals surface area contributed by atoms with Crippen LogP contribution >= 0.6 is 23.2 Å². The lowest BCUT2D eigenvalue weighted by molar-refractivity contribution is -0.709. The highest BCUT2D eigenvalue weighted by atomic mass is 35.5. The number of quaternary nitrogens is 1. The third-order valence-electron chi connectivity index (χ3n) is 3.78. The first-order chi connectivity index (χ1) is 11.8. The van der Waals surface area contributed by atoms with E-state index in [1.165, 1.54) is 12.1 Å². The van der Waals surface area contributed by atoms with Gasteiger partial charge >= 0.3 is 0 Å². The van der Waals surface area contributed by atoms with Crippen LogP contribution in [0.25, 0.3) is 0 Å². The number of hydrogen-bond acceptors (Lipinski definition) is 2. The molecule has 0 aromatic heterocycles. The van der Waals surface area contributed by atoms with Gasteiger partial charge in [-0.25, -0.2) is 4.39 Å². The summed E-state index contributed by atoms with van der Waals surface area (Å²) in [5, 5.41) is 13.7. The van der Waals surface area contributed by atoms with Crippen molar-refractivity contribution in [2.24, 2.45) is 0 Å². The second kappa shape index (κ2) is 8.30. The van der Waals surface area contributed by atoms with Crippen molar-refractivity contribution in [1.82, 2.24) is 0 Å². The summed E-state index contributed by atoms with van der Waals surface area (Å²) in [6.07, 6.45) is 0. The van der Waals surface area contributed by atoms with Crippen molar-refractivity contribution >= 4 is 34.8 Å². The second-order valence-corrected chi connectivity index (χ2v) is 6.55. The highest BCUT2D eigenvalue weighted by Gasteiger charge is 2.23. The van der Waals surface area contributed by atoms with Gasteiger partial charge in [0.05, 0.1) is 21.7 Å². The van der Waals surface area contributed by atoms with Crippen LogP contribution in [0.3, 0.4) is 0 Å². The van der Waals surface area contributed by atoms with Crippen LogP contribution in [0.15, 0.2) is 36.4 Å². The molecule has 1 amide bonds. The van der Waals surface area contributed by atoms with Crippen LogP contribution in [0.5, 0.6) is 0 Å². The van der Waals surface area contributed by atoms with E-state index in [9.17, 15) is 9.18 Å². The van der Waals surface area contributed by atoms with Gasteiger partial charge in [-0.2, -0.15) is 5.26 Å². The minimum Gasteiger partial charge on any atom is -0.330 e. The SMILES string of the molecule is C[C@H]([NH2+][C@H](C)c1cc(F)c(Cl)cc1Cl)C(=O)Nc1cccc(C#N)c1. The van der Waals surface area contributed by atoms with E-state index in [0.717, 1.165) is 0 Å². The summed E-state index contributed by atoms with van der Waals surface area (Å²) in [6, 6.07) is 10.6. The fourth-order valence-corrected chi connectivity index (χ4v) is 2.99. The Hall–Kier alpha value is -2.13. The topological polar surface area (TPSA) is 69.5 Å². The number of nitrogens with two attached hydrogens (primary N) is 1. The molecule has 7 heteroatoms. The summed E-state index contributed by atoms with van der Waals surface area (Å²) in [5.41, 5.74) is 1.58. The molecular formula is C18H17Cl2FN3O+. The lowest BCUT2D eigenvalue weighted by Crippen LogP contribution is -2.91.